The number of rotatable bonds is 18. The van der Waals surface area contributed by atoms with Gasteiger partial charge in [-0.05, 0) is 269 Å². The van der Waals surface area contributed by atoms with Gasteiger partial charge in [-0.25, -0.2) is 0 Å². The predicted molar refractivity (Wildman–Crippen MR) is 454 cm³/mol. The average molecular weight is 1390 g/mol. The van der Waals surface area contributed by atoms with Crippen LogP contribution in [0.25, 0.3) is 100 Å². The summed E-state index contributed by atoms with van der Waals surface area (Å²) in [7, 11) is -6.40. The molecule has 0 bridgehead atoms. The van der Waals surface area contributed by atoms with Gasteiger partial charge in [-0.2, -0.15) is 0 Å². The largest absolute Gasteiger partial charge is 0.0776 e. The van der Waals surface area contributed by atoms with E-state index in [9.17, 15) is 0 Å². The third-order valence-corrected chi connectivity index (χ3v) is 36.0. The summed E-state index contributed by atoms with van der Waals surface area (Å²) in [5.74, 6) is 0. The lowest BCUT2D eigenvalue weighted by Gasteiger charge is -2.32. The minimum atomic E-state index is -1.60. The maximum atomic E-state index is 2.76. The van der Waals surface area contributed by atoms with Crippen molar-refractivity contribution in [1.29, 1.82) is 0 Å². The Morgan fingerprint density at radius 3 is 0.505 bits per heavy atom. The molecule has 0 atom stereocenters. The van der Waals surface area contributed by atoms with Crippen LogP contribution in [0.4, 0.5) is 0 Å². The SMILES string of the molecule is CCC1(CC)c2cc(-c3cc4c(cc3-c3ccc5c(c3)C(CC)(CC)c3cc([Si](C)(C)C)ccc3-5)C(CC)(CC)c3cc(-c5ccc6c(c5)C(CC)(CC)c5cc([Si](C)(C)C)ccc5-6)c(-c5ccc6c(c5)C(CC)(CC)c5cc([Si](C)(C)C)ccc5-6)cc3-4)ccc2-c2ccc([Si](C)(C)C)cc21. The summed E-state index contributed by atoms with van der Waals surface area (Å²) in [5, 5.41) is 6.23. The fraction of sp³-hybridized carbons (Fsp3) is 0.381. The molecule has 5 aliphatic carbocycles. The Labute approximate surface area is 613 Å². The molecule has 0 saturated heterocycles. The van der Waals surface area contributed by atoms with Crippen molar-refractivity contribution in [3.63, 3.8) is 0 Å². The van der Waals surface area contributed by atoms with Crippen LogP contribution in [0.2, 0.25) is 78.6 Å². The van der Waals surface area contributed by atoms with E-state index in [1.54, 1.807) is 43.0 Å². The second-order valence-corrected chi connectivity index (χ2v) is 56.2. The van der Waals surface area contributed by atoms with Gasteiger partial charge in [-0.15, -0.1) is 0 Å². The third kappa shape index (κ3) is 9.91. The molecular formula is C97H114Si4. The molecule has 4 heteroatoms. The van der Waals surface area contributed by atoms with Gasteiger partial charge >= 0.3 is 0 Å². The summed E-state index contributed by atoms with van der Waals surface area (Å²) in [4.78, 5) is 0. The molecule has 0 spiro atoms. The molecule has 518 valence electrons. The molecule has 10 aromatic carbocycles. The zero-order chi connectivity index (χ0) is 71.8. The molecule has 0 nitrogen and oxygen atoms in total. The van der Waals surface area contributed by atoms with Gasteiger partial charge in [-0.3, -0.25) is 0 Å². The van der Waals surface area contributed by atoms with Crippen molar-refractivity contribution in [3.05, 3.63) is 225 Å². The van der Waals surface area contributed by atoms with Crippen LogP contribution in [0.1, 0.15) is 189 Å². The van der Waals surface area contributed by atoms with Crippen LogP contribution >= 0.6 is 0 Å². The first kappa shape index (κ1) is 69.8. The van der Waals surface area contributed by atoms with Gasteiger partial charge in [0.05, 0.1) is 32.3 Å². The second kappa shape index (κ2) is 24.1. The molecule has 0 heterocycles. The highest BCUT2D eigenvalue weighted by Crippen LogP contribution is 2.62. The van der Waals surface area contributed by atoms with Crippen LogP contribution in [0.3, 0.4) is 0 Å². The predicted octanol–water partition coefficient (Wildman–Crippen LogP) is 26.0. The molecule has 15 rings (SSSR count). The molecule has 0 aliphatic heterocycles. The van der Waals surface area contributed by atoms with Crippen molar-refractivity contribution in [1.82, 2.24) is 0 Å². The molecule has 0 amide bonds. The van der Waals surface area contributed by atoms with E-state index in [-0.39, 0.29) is 27.1 Å². The molecule has 5 aliphatic rings. The van der Waals surface area contributed by atoms with Crippen molar-refractivity contribution in [2.75, 3.05) is 0 Å². The van der Waals surface area contributed by atoms with E-state index in [1.165, 1.54) is 134 Å². The minimum absolute atomic E-state index is 0.0702. The summed E-state index contributed by atoms with van der Waals surface area (Å²) in [6.07, 6.45) is 10.5. The lowest BCUT2D eigenvalue weighted by atomic mass is 9.71. The lowest BCUT2D eigenvalue weighted by molar-refractivity contribution is 0.490. The summed E-state index contributed by atoms with van der Waals surface area (Å²) < 4.78 is 0. The van der Waals surface area contributed by atoms with Gasteiger partial charge in [0.15, 0.2) is 0 Å². The summed E-state index contributed by atoms with van der Waals surface area (Å²) in [6.45, 7) is 54.9. The number of benzene rings is 10. The fourth-order valence-corrected chi connectivity index (χ4v) is 25.8. The van der Waals surface area contributed by atoms with Crippen molar-refractivity contribution in [2.45, 2.75) is 239 Å². The highest BCUT2D eigenvalue weighted by Gasteiger charge is 2.48. The van der Waals surface area contributed by atoms with Gasteiger partial charge in [-0.1, -0.05) is 290 Å². The zero-order valence-electron chi connectivity index (χ0n) is 65.7. The molecule has 101 heavy (non-hydrogen) atoms. The van der Waals surface area contributed by atoms with E-state index in [1.807, 2.05) is 0 Å². The molecule has 0 radical (unpaired) electrons. The molecule has 0 saturated carbocycles. The van der Waals surface area contributed by atoms with Gasteiger partial charge in [0.1, 0.15) is 0 Å². The van der Waals surface area contributed by atoms with E-state index in [0.29, 0.717) is 0 Å². The number of fused-ring (bicyclic) bond motifs is 15. The summed E-state index contributed by atoms with van der Waals surface area (Å²) >= 11 is 0. The number of hydrogen-bond acceptors (Lipinski definition) is 0. The third-order valence-electron chi connectivity index (χ3n) is 27.8. The smallest absolute Gasteiger partial charge is 0.0656 e. The lowest BCUT2D eigenvalue weighted by Crippen LogP contribution is -2.38. The highest BCUT2D eigenvalue weighted by molar-refractivity contribution is 6.90. The Hall–Kier alpha value is -6.93. The number of hydrogen-bond donors (Lipinski definition) is 0. The van der Waals surface area contributed by atoms with Gasteiger partial charge in [0, 0.05) is 27.1 Å². The Morgan fingerprint density at radius 2 is 0.327 bits per heavy atom. The normalized spacial score (nSPS) is 16.4. The van der Waals surface area contributed by atoms with Crippen LogP contribution in [0.5, 0.6) is 0 Å². The van der Waals surface area contributed by atoms with E-state index >= 15 is 0 Å². The maximum Gasteiger partial charge on any atom is 0.0776 e. The van der Waals surface area contributed by atoms with E-state index < -0.39 is 32.3 Å². The summed E-state index contributed by atoms with van der Waals surface area (Å²) in [5.41, 5.74) is 39.6. The first-order valence-corrected chi connectivity index (χ1v) is 53.6. The molecule has 0 aromatic heterocycles. The highest BCUT2D eigenvalue weighted by atomic mass is 28.3. The van der Waals surface area contributed by atoms with Crippen LogP contribution < -0.4 is 20.7 Å². The van der Waals surface area contributed by atoms with E-state index in [4.69, 9.17) is 0 Å². The first-order chi connectivity index (χ1) is 48.0. The minimum Gasteiger partial charge on any atom is -0.0656 e. The standard InChI is InChI=1S/C97H114Si4/c1-23-93(24-2)83-49-61(33-41-69(83)73-45-37-65(53-87(73)93)98(11,12)13)77-57-81-82-58-78(62-34-42-70-74-46-38-66(99(14,15)16)54-88(74)94(25-3,26-4)84(70)50-62)80(64-36-44-72-76-48-40-68(101(20,21)22)56-90(76)96(29-7,30-8)86(72)52-64)60-92(82)97(31-9,32-10)91(81)59-79(77)63-35-43-71-75-47-39-67(100(17,18)19)55-89(75)95(27-5,28-6)85(71)51-63/h33-60H,23-32H2,1-22H3. The Balaban J connectivity index is 1.01. The Morgan fingerprint density at radius 1 is 0.168 bits per heavy atom. The van der Waals surface area contributed by atoms with Crippen molar-refractivity contribution >= 4 is 53.0 Å². The van der Waals surface area contributed by atoms with Crippen molar-refractivity contribution in [3.8, 4) is 100 Å². The van der Waals surface area contributed by atoms with Crippen molar-refractivity contribution < 1.29 is 0 Å². The molecular weight excluding hydrogens is 1280 g/mol. The summed E-state index contributed by atoms with van der Waals surface area (Å²) in [6, 6.07) is 72.5. The second-order valence-electron chi connectivity index (χ2n) is 35.9. The Kier molecular flexibility index (Phi) is 16.6. The van der Waals surface area contributed by atoms with E-state index in [2.05, 4.69) is 318 Å². The zero-order valence-corrected chi connectivity index (χ0v) is 69.7. The average Bonchev–Trinajstić information content (AvgIpc) is 1.50. The van der Waals surface area contributed by atoms with Crippen molar-refractivity contribution in [2.24, 2.45) is 0 Å². The Bertz CT molecular complexity index is 4740. The molecule has 0 fully saturated rings. The van der Waals surface area contributed by atoms with Crippen LogP contribution in [0, 0.1) is 0 Å². The maximum absolute atomic E-state index is 2.76. The quantitative estimate of drug-likeness (QED) is 0.0751. The molecule has 0 N–H and O–H groups in total. The van der Waals surface area contributed by atoms with Gasteiger partial charge in [0.2, 0.25) is 0 Å². The molecule has 0 unspecified atom stereocenters. The monoisotopic (exact) mass is 1390 g/mol. The van der Waals surface area contributed by atoms with Gasteiger partial charge < -0.3 is 0 Å². The van der Waals surface area contributed by atoms with E-state index in [0.717, 1.165) is 64.2 Å². The van der Waals surface area contributed by atoms with Crippen LogP contribution in [-0.4, -0.2) is 32.3 Å². The van der Waals surface area contributed by atoms with Crippen LogP contribution in [0.15, 0.2) is 170 Å². The molecule has 10 aromatic rings. The van der Waals surface area contributed by atoms with Gasteiger partial charge in [0.25, 0.3) is 0 Å². The van der Waals surface area contributed by atoms with Crippen LogP contribution in [-0.2, 0) is 27.1 Å². The topological polar surface area (TPSA) is 0 Å². The first-order valence-electron chi connectivity index (χ1n) is 39.6. The fourth-order valence-electron chi connectivity index (χ4n) is 21.1.